The third-order valence-electron chi connectivity index (χ3n) is 2.32. The SMILES string of the molecule is N/N=[C]/c1ccc(C2=NNC(=O)CC2)cc1. The van der Waals surface area contributed by atoms with Gasteiger partial charge >= 0.3 is 0 Å². The molecule has 5 nitrogen and oxygen atoms in total. The first kappa shape index (κ1) is 10.4. The van der Waals surface area contributed by atoms with Crippen LogP contribution in [0.15, 0.2) is 34.5 Å². The highest BCUT2D eigenvalue weighted by Gasteiger charge is 2.12. The van der Waals surface area contributed by atoms with Crippen LogP contribution in [0.25, 0.3) is 0 Å². The molecule has 1 aromatic carbocycles. The number of nitrogens with zero attached hydrogens (tertiary/aromatic N) is 2. The van der Waals surface area contributed by atoms with Crippen LogP contribution in [0.2, 0.25) is 0 Å². The Bertz CT molecular complexity index is 448. The smallest absolute Gasteiger partial charge is 0.240 e. The van der Waals surface area contributed by atoms with E-state index in [1.54, 1.807) is 0 Å². The number of hydrogen-bond donors (Lipinski definition) is 2. The van der Waals surface area contributed by atoms with E-state index in [0.717, 1.165) is 16.8 Å². The molecule has 1 aliphatic heterocycles. The van der Waals surface area contributed by atoms with Gasteiger partial charge < -0.3 is 5.84 Å². The quantitative estimate of drug-likeness (QED) is 0.427. The zero-order chi connectivity index (χ0) is 11.4. The van der Waals surface area contributed by atoms with Gasteiger partial charge in [-0.3, -0.25) is 4.79 Å². The minimum atomic E-state index is -0.0380. The van der Waals surface area contributed by atoms with Crippen molar-refractivity contribution in [3.8, 4) is 0 Å². The van der Waals surface area contributed by atoms with Crippen molar-refractivity contribution in [2.24, 2.45) is 16.0 Å². The summed E-state index contributed by atoms with van der Waals surface area (Å²) in [7, 11) is 0. The number of nitrogens with two attached hydrogens (primary N) is 1. The molecular formula is C11H11N4O. The maximum atomic E-state index is 10.9. The van der Waals surface area contributed by atoms with Gasteiger partial charge in [-0.2, -0.15) is 10.2 Å². The molecule has 0 saturated heterocycles. The standard InChI is InChI=1S/C11H11N4O/c12-13-7-8-1-3-9(4-2-8)10-5-6-11(16)15-14-10/h1-4H,5-6,12H2,(H,15,16). The number of carbonyl (C=O) groups excluding carboxylic acids is 1. The lowest BCUT2D eigenvalue weighted by Gasteiger charge is -2.11. The van der Waals surface area contributed by atoms with Crippen molar-refractivity contribution >= 4 is 17.8 Å². The molecule has 0 atom stereocenters. The molecule has 0 fully saturated rings. The Kier molecular flexibility index (Phi) is 2.95. The highest BCUT2D eigenvalue weighted by atomic mass is 16.2. The van der Waals surface area contributed by atoms with E-state index in [-0.39, 0.29) is 5.91 Å². The molecule has 0 saturated carbocycles. The molecular weight excluding hydrogens is 204 g/mol. The molecule has 0 aliphatic carbocycles. The van der Waals surface area contributed by atoms with Gasteiger partial charge in [0.25, 0.3) is 0 Å². The average molecular weight is 215 g/mol. The number of rotatable bonds is 2. The van der Waals surface area contributed by atoms with E-state index in [2.05, 4.69) is 21.8 Å². The van der Waals surface area contributed by atoms with Gasteiger partial charge in [0.2, 0.25) is 5.91 Å². The number of nitrogens with one attached hydrogen (secondary N) is 1. The van der Waals surface area contributed by atoms with E-state index in [0.29, 0.717) is 12.8 Å². The fourth-order valence-electron chi connectivity index (χ4n) is 1.49. The van der Waals surface area contributed by atoms with Crippen molar-refractivity contribution in [2.45, 2.75) is 12.8 Å². The van der Waals surface area contributed by atoms with E-state index in [9.17, 15) is 4.79 Å². The molecule has 1 amide bonds. The molecule has 0 spiro atoms. The van der Waals surface area contributed by atoms with Crippen LogP contribution >= 0.6 is 0 Å². The van der Waals surface area contributed by atoms with Crippen LogP contribution in [0.3, 0.4) is 0 Å². The van der Waals surface area contributed by atoms with Gasteiger partial charge in [0, 0.05) is 18.4 Å². The van der Waals surface area contributed by atoms with Crippen molar-refractivity contribution in [3.05, 3.63) is 35.4 Å². The second kappa shape index (κ2) is 4.57. The molecule has 1 radical (unpaired) electrons. The highest BCUT2D eigenvalue weighted by molar-refractivity contribution is 6.04. The molecule has 1 aliphatic rings. The number of benzene rings is 1. The topological polar surface area (TPSA) is 79.8 Å². The van der Waals surface area contributed by atoms with Gasteiger partial charge in [0.1, 0.15) is 6.21 Å². The minimum absolute atomic E-state index is 0.0380. The first-order valence-corrected chi connectivity index (χ1v) is 4.91. The van der Waals surface area contributed by atoms with Crippen LogP contribution in [0, 0.1) is 0 Å². The van der Waals surface area contributed by atoms with Crippen molar-refractivity contribution in [1.82, 2.24) is 5.43 Å². The summed E-state index contributed by atoms with van der Waals surface area (Å²) < 4.78 is 0. The molecule has 3 N–H and O–H groups in total. The van der Waals surface area contributed by atoms with Crippen molar-refractivity contribution in [1.29, 1.82) is 0 Å². The van der Waals surface area contributed by atoms with E-state index >= 15 is 0 Å². The van der Waals surface area contributed by atoms with Crippen molar-refractivity contribution in [3.63, 3.8) is 0 Å². The summed E-state index contributed by atoms with van der Waals surface area (Å²) in [6.07, 6.45) is 3.79. The third kappa shape index (κ3) is 2.25. The largest absolute Gasteiger partial charge is 0.323 e. The molecule has 0 unspecified atom stereocenters. The van der Waals surface area contributed by atoms with Crippen LogP contribution < -0.4 is 11.3 Å². The second-order valence-corrected chi connectivity index (χ2v) is 3.41. The molecule has 5 heteroatoms. The summed E-state index contributed by atoms with van der Waals surface area (Å²) in [5.74, 6) is 4.96. The zero-order valence-electron chi connectivity index (χ0n) is 8.60. The van der Waals surface area contributed by atoms with E-state index < -0.39 is 0 Å². The Morgan fingerprint density at radius 2 is 2.06 bits per heavy atom. The predicted octanol–water partition coefficient (Wildman–Crippen LogP) is 0.470. The fourth-order valence-corrected chi connectivity index (χ4v) is 1.49. The minimum Gasteiger partial charge on any atom is -0.323 e. The van der Waals surface area contributed by atoms with Crippen LogP contribution in [-0.4, -0.2) is 17.8 Å². The Balaban J connectivity index is 2.18. The number of hydrogen-bond acceptors (Lipinski definition) is 4. The maximum Gasteiger partial charge on any atom is 0.240 e. The van der Waals surface area contributed by atoms with Crippen LogP contribution in [0.4, 0.5) is 0 Å². The number of hydrazone groups is 2. The molecule has 0 bridgehead atoms. The van der Waals surface area contributed by atoms with Crippen molar-refractivity contribution < 1.29 is 4.79 Å². The lowest BCUT2D eigenvalue weighted by molar-refractivity contribution is -0.121. The second-order valence-electron chi connectivity index (χ2n) is 3.41. The summed E-state index contributed by atoms with van der Waals surface area (Å²) in [4.78, 5) is 10.9. The summed E-state index contributed by atoms with van der Waals surface area (Å²) >= 11 is 0. The molecule has 1 heterocycles. The first-order chi connectivity index (χ1) is 7.79. The Labute approximate surface area is 93.0 Å². The normalized spacial score (nSPS) is 16.0. The summed E-state index contributed by atoms with van der Waals surface area (Å²) in [5, 5.41) is 7.33. The molecule has 1 aromatic rings. The first-order valence-electron chi connectivity index (χ1n) is 4.91. The summed E-state index contributed by atoms with van der Waals surface area (Å²) in [6, 6.07) is 7.52. The zero-order valence-corrected chi connectivity index (χ0v) is 8.60. The Morgan fingerprint density at radius 3 is 2.62 bits per heavy atom. The third-order valence-corrected chi connectivity index (χ3v) is 2.32. The average Bonchev–Trinajstić information content (AvgIpc) is 2.32. The molecule has 0 aromatic heterocycles. The molecule has 81 valence electrons. The molecule has 16 heavy (non-hydrogen) atoms. The monoisotopic (exact) mass is 215 g/mol. The maximum absolute atomic E-state index is 10.9. The van der Waals surface area contributed by atoms with Gasteiger partial charge in [-0.25, -0.2) is 5.43 Å². The highest BCUT2D eigenvalue weighted by Crippen LogP contribution is 2.10. The van der Waals surface area contributed by atoms with Gasteiger partial charge in [0.05, 0.1) is 5.71 Å². The predicted molar refractivity (Wildman–Crippen MR) is 61.1 cm³/mol. The van der Waals surface area contributed by atoms with Gasteiger partial charge in [-0.1, -0.05) is 24.3 Å². The Hall–Kier alpha value is -2.17. The van der Waals surface area contributed by atoms with E-state index in [4.69, 9.17) is 5.84 Å². The number of amides is 1. The van der Waals surface area contributed by atoms with E-state index in [1.807, 2.05) is 24.3 Å². The van der Waals surface area contributed by atoms with Crippen LogP contribution in [-0.2, 0) is 4.79 Å². The van der Waals surface area contributed by atoms with Gasteiger partial charge in [0.15, 0.2) is 0 Å². The van der Waals surface area contributed by atoms with Crippen molar-refractivity contribution in [2.75, 3.05) is 0 Å². The van der Waals surface area contributed by atoms with Crippen LogP contribution in [0.1, 0.15) is 24.0 Å². The van der Waals surface area contributed by atoms with Gasteiger partial charge in [-0.05, 0) is 5.56 Å². The van der Waals surface area contributed by atoms with Gasteiger partial charge in [-0.15, -0.1) is 0 Å². The lowest BCUT2D eigenvalue weighted by Crippen LogP contribution is -2.25. The Morgan fingerprint density at radius 1 is 1.31 bits per heavy atom. The fraction of sp³-hybridized carbons (Fsp3) is 0.182. The van der Waals surface area contributed by atoms with Crippen LogP contribution in [0.5, 0.6) is 0 Å². The number of carbonyl (C=O) groups is 1. The summed E-state index contributed by atoms with van der Waals surface area (Å²) in [5.41, 5.74) is 5.15. The summed E-state index contributed by atoms with van der Waals surface area (Å²) in [6.45, 7) is 0. The molecule has 2 rings (SSSR count). The van der Waals surface area contributed by atoms with E-state index in [1.165, 1.54) is 0 Å². The lowest BCUT2D eigenvalue weighted by atomic mass is 10.0.